The Morgan fingerprint density at radius 3 is 1.53 bits per heavy atom. The van der Waals surface area contributed by atoms with E-state index in [1.54, 1.807) is 0 Å². The molecule has 0 fully saturated rings. The average molecular weight is 290 g/mol. The Morgan fingerprint density at radius 1 is 0.941 bits per heavy atom. The summed E-state index contributed by atoms with van der Waals surface area (Å²) in [7, 11) is -9.47. The molecule has 0 unspecified atom stereocenters. The average Bonchev–Trinajstić information content (AvgIpc) is 2.13. The van der Waals surface area contributed by atoms with Gasteiger partial charge in [-0.15, -0.1) is 0 Å². The number of hydrogen-bond acceptors (Lipinski definition) is 5. The summed E-state index contributed by atoms with van der Waals surface area (Å²) in [5.41, 5.74) is -0.812. The van der Waals surface area contributed by atoms with Crippen LogP contribution in [0.3, 0.4) is 0 Å². The normalized spacial score (nSPS) is 11.6. The molecule has 7 nitrogen and oxygen atoms in total. The van der Waals surface area contributed by atoms with E-state index in [2.05, 4.69) is 0 Å². The van der Waals surface area contributed by atoms with E-state index in [0.717, 1.165) is 18.2 Å². The quantitative estimate of drug-likeness (QED) is 0.430. The van der Waals surface area contributed by atoms with Gasteiger partial charge in [-0.25, -0.2) is 0 Å². The Hall–Kier alpha value is -0.290. The van der Waals surface area contributed by atoms with Gasteiger partial charge in [0.15, 0.2) is 6.29 Å². The topological polar surface area (TPSA) is 126 Å². The third kappa shape index (κ3) is 3.85. The molecule has 1 rings (SSSR count). The molecule has 2 N–H and O–H groups in total. The van der Waals surface area contributed by atoms with Crippen LogP contribution in [0.2, 0.25) is 0 Å². The first-order valence-corrected chi connectivity index (χ1v) is 6.59. The van der Waals surface area contributed by atoms with Gasteiger partial charge in [-0.3, -0.25) is 13.9 Å². The number of carbonyl (C=O) groups excluding carboxylic acids is 1. The van der Waals surface area contributed by atoms with Gasteiger partial charge >= 0.3 is 29.6 Å². The van der Waals surface area contributed by atoms with Gasteiger partial charge in [0.1, 0.15) is 9.79 Å². The van der Waals surface area contributed by atoms with Gasteiger partial charge in [0.25, 0.3) is 20.2 Å². The van der Waals surface area contributed by atoms with Crippen LogP contribution >= 0.6 is 0 Å². The van der Waals surface area contributed by atoms with Crippen LogP contribution < -0.4 is 0 Å². The summed E-state index contributed by atoms with van der Waals surface area (Å²) in [6, 6.07) is 2.65. The molecule has 0 aliphatic heterocycles. The monoisotopic (exact) mass is 290 g/mol. The fourth-order valence-corrected chi connectivity index (χ4v) is 2.53. The summed E-state index contributed by atoms with van der Waals surface area (Å²) < 4.78 is 60.7. The molecule has 17 heavy (non-hydrogen) atoms. The van der Waals surface area contributed by atoms with Crippen LogP contribution in [0.5, 0.6) is 0 Å². The van der Waals surface area contributed by atoms with Crippen LogP contribution in [0.25, 0.3) is 0 Å². The van der Waals surface area contributed by atoms with E-state index in [1.807, 2.05) is 0 Å². The molecular weight excluding hydrogens is 283 g/mol. The molecule has 1 aromatic carbocycles. The van der Waals surface area contributed by atoms with Gasteiger partial charge in [0.05, 0.1) is 5.56 Å². The van der Waals surface area contributed by atoms with Gasteiger partial charge in [-0.05, 0) is 12.1 Å². The molecule has 0 atom stereocenters. The first kappa shape index (κ1) is 16.7. The molecular formula is C7H7NaO7S2. The summed E-state index contributed by atoms with van der Waals surface area (Å²) in [6.45, 7) is 0. The van der Waals surface area contributed by atoms with E-state index in [0.29, 0.717) is 0 Å². The van der Waals surface area contributed by atoms with E-state index in [9.17, 15) is 21.6 Å². The number of carbonyl (C=O) groups is 1. The zero-order valence-corrected chi connectivity index (χ0v) is 9.19. The predicted octanol–water partition coefficient (Wildman–Crippen LogP) is -0.656. The molecule has 90 valence electrons. The van der Waals surface area contributed by atoms with Crippen LogP contribution in [0, 0.1) is 0 Å². The van der Waals surface area contributed by atoms with E-state index in [1.165, 1.54) is 0 Å². The van der Waals surface area contributed by atoms with E-state index >= 15 is 0 Å². The Kier molecular flexibility index (Phi) is 5.47. The van der Waals surface area contributed by atoms with Gasteiger partial charge in [-0.2, -0.15) is 16.8 Å². The van der Waals surface area contributed by atoms with E-state index in [4.69, 9.17) is 9.11 Å². The number of benzene rings is 1. The summed E-state index contributed by atoms with van der Waals surface area (Å²) in [5.74, 6) is 0. The maximum atomic E-state index is 10.8. The molecule has 1 aromatic rings. The zero-order chi connectivity index (χ0) is 12.6. The van der Waals surface area contributed by atoms with Crippen LogP contribution in [-0.4, -0.2) is 61.8 Å². The number of rotatable bonds is 3. The summed E-state index contributed by atoms with van der Waals surface area (Å²) in [6.07, 6.45) is -0.0772. The van der Waals surface area contributed by atoms with Crippen molar-refractivity contribution in [1.82, 2.24) is 0 Å². The number of hydrogen-bond donors (Lipinski definition) is 2. The molecule has 0 aliphatic carbocycles. The molecule has 0 aliphatic rings. The minimum atomic E-state index is -4.74. The Labute approximate surface area is 120 Å². The molecule has 0 radical (unpaired) electrons. The van der Waals surface area contributed by atoms with Crippen LogP contribution in [0.4, 0.5) is 0 Å². The van der Waals surface area contributed by atoms with Crippen LogP contribution in [0.1, 0.15) is 10.4 Å². The van der Waals surface area contributed by atoms with E-state index in [-0.39, 0.29) is 35.8 Å². The van der Waals surface area contributed by atoms with Crippen LogP contribution in [0.15, 0.2) is 28.0 Å². The number of aldehydes is 1. The van der Waals surface area contributed by atoms with Crippen molar-refractivity contribution in [1.29, 1.82) is 0 Å². The third-order valence-electron chi connectivity index (χ3n) is 1.70. The van der Waals surface area contributed by atoms with Crippen LogP contribution in [-0.2, 0) is 20.2 Å². The standard InChI is InChI=1S/C7H6O7S2.Na.H/c8-4-5-6(15(9,10)11)2-1-3-7(5)16(12,13)14;;/h1-4H,(H,9,10,11)(H,12,13,14);;. The molecule has 0 aromatic heterocycles. The zero-order valence-electron chi connectivity index (χ0n) is 7.56. The van der Waals surface area contributed by atoms with Crippen molar-refractivity contribution in [2.45, 2.75) is 9.79 Å². The molecule has 0 spiro atoms. The Bertz CT molecular complexity index is 582. The first-order chi connectivity index (χ1) is 7.18. The van der Waals surface area contributed by atoms with E-state index < -0.39 is 35.6 Å². The van der Waals surface area contributed by atoms with Crippen molar-refractivity contribution < 1.29 is 30.7 Å². The molecule has 10 heteroatoms. The second-order valence-corrected chi connectivity index (χ2v) is 5.52. The van der Waals surface area contributed by atoms with Gasteiger partial charge in [0.2, 0.25) is 0 Å². The minimum absolute atomic E-state index is 0. The molecule has 0 bridgehead atoms. The van der Waals surface area contributed by atoms with Crippen molar-refractivity contribution in [3.63, 3.8) is 0 Å². The fourth-order valence-electron chi connectivity index (χ4n) is 1.09. The Morgan fingerprint density at radius 2 is 1.29 bits per heavy atom. The second kappa shape index (κ2) is 5.57. The first-order valence-electron chi connectivity index (χ1n) is 3.71. The summed E-state index contributed by atoms with van der Waals surface area (Å²) >= 11 is 0. The fraction of sp³-hybridized carbons (Fsp3) is 0. The predicted molar refractivity (Wildman–Crippen MR) is 58.6 cm³/mol. The molecule has 0 saturated carbocycles. The molecule has 0 heterocycles. The SMILES string of the molecule is O=Cc1c(S(=O)(=O)O)cccc1S(=O)(=O)O.[NaH]. The van der Waals surface area contributed by atoms with Gasteiger partial charge in [-0.1, -0.05) is 6.07 Å². The third-order valence-corrected chi connectivity index (χ3v) is 3.52. The molecule has 0 amide bonds. The van der Waals surface area contributed by atoms with Crippen molar-refractivity contribution in [2.24, 2.45) is 0 Å². The van der Waals surface area contributed by atoms with Crippen molar-refractivity contribution >= 4 is 56.1 Å². The second-order valence-electron chi connectivity index (χ2n) is 2.74. The Balaban J connectivity index is 0.00000256. The molecule has 0 saturated heterocycles. The maximum absolute atomic E-state index is 10.8. The van der Waals surface area contributed by atoms with Gasteiger partial charge < -0.3 is 0 Å². The van der Waals surface area contributed by atoms with Crippen molar-refractivity contribution in [3.8, 4) is 0 Å². The van der Waals surface area contributed by atoms with Crippen molar-refractivity contribution in [2.75, 3.05) is 0 Å². The van der Waals surface area contributed by atoms with Crippen molar-refractivity contribution in [3.05, 3.63) is 23.8 Å². The summed E-state index contributed by atoms with van der Waals surface area (Å²) in [4.78, 5) is 8.84. The van der Waals surface area contributed by atoms with Gasteiger partial charge in [0, 0.05) is 0 Å². The summed E-state index contributed by atoms with van der Waals surface area (Å²) in [5, 5.41) is 0.